The Hall–Kier alpha value is -0.0800. The van der Waals surface area contributed by atoms with Crippen LogP contribution < -0.4 is 5.32 Å². The van der Waals surface area contributed by atoms with Crippen LogP contribution in [-0.2, 0) is 0 Å². The van der Waals surface area contributed by atoms with Gasteiger partial charge in [0.2, 0.25) is 0 Å². The van der Waals surface area contributed by atoms with Crippen LogP contribution in [0.2, 0.25) is 0 Å². The lowest BCUT2D eigenvalue weighted by Crippen LogP contribution is -2.48. The average molecular weight is 238 g/mol. The molecule has 1 saturated heterocycles. The van der Waals surface area contributed by atoms with Gasteiger partial charge in [0.25, 0.3) is 0 Å². The molecule has 4 unspecified atom stereocenters. The third-order valence-electron chi connectivity index (χ3n) is 5.09. The molecule has 0 aromatic rings. The molecule has 2 nitrogen and oxygen atoms in total. The number of hydrogen-bond donors (Lipinski definition) is 1. The van der Waals surface area contributed by atoms with Gasteiger partial charge in [-0.25, -0.2) is 0 Å². The summed E-state index contributed by atoms with van der Waals surface area (Å²) in [6, 6.07) is 1.53. The predicted molar refractivity (Wildman–Crippen MR) is 74.2 cm³/mol. The molecule has 1 aliphatic heterocycles. The van der Waals surface area contributed by atoms with Gasteiger partial charge in [-0.2, -0.15) is 0 Å². The maximum absolute atomic E-state index is 3.59. The fraction of sp³-hybridized carbons (Fsp3) is 1.00. The number of hydrogen-bond acceptors (Lipinski definition) is 2. The average Bonchev–Trinajstić information content (AvgIpc) is 2.59. The fourth-order valence-corrected chi connectivity index (χ4v) is 3.68. The van der Waals surface area contributed by atoms with Crippen molar-refractivity contribution in [3.8, 4) is 0 Å². The van der Waals surface area contributed by atoms with Gasteiger partial charge >= 0.3 is 0 Å². The van der Waals surface area contributed by atoms with E-state index in [1.165, 1.54) is 51.6 Å². The quantitative estimate of drug-likeness (QED) is 0.796. The molecule has 0 amide bonds. The number of nitrogens with one attached hydrogen (secondary N) is 1. The molecule has 2 fully saturated rings. The van der Waals surface area contributed by atoms with E-state index in [9.17, 15) is 0 Å². The Kier molecular flexibility index (Phi) is 4.87. The minimum Gasteiger partial charge on any atom is -0.315 e. The van der Waals surface area contributed by atoms with E-state index in [1.54, 1.807) is 0 Å². The van der Waals surface area contributed by atoms with Crippen molar-refractivity contribution in [1.29, 1.82) is 0 Å². The summed E-state index contributed by atoms with van der Waals surface area (Å²) in [6.07, 6.45) is 8.53. The zero-order valence-electron chi connectivity index (χ0n) is 11.9. The molecule has 1 heterocycles. The second-order valence-electron chi connectivity index (χ2n) is 6.36. The third kappa shape index (κ3) is 3.23. The SMILES string of the molecule is CNC1CCCCCCC1N1CC(C)C(C)C1. The number of rotatable bonds is 2. The van der Waals surface area contributed by atoms with Crippen LogP contribution in [0.1, 0.15) is 52.4 Å². The molecule has 1 saturated carbocycles. The molecule has 0 radical (unpaired) electrons. The Morgan fingerprint density at radius 1 is 0.882 bits per heavy atom. The Morgan fingerprint density at radius 2 is 1.47 bits per heavy atom. The van der Waals surface area contributed by atoms with Crippen LogP contribution in [0.4, 0.5) is 0 Å². The molecule has 4 atom stereocenters. The van der Waals surface area contributed by atoms with Gasteiger partial charge in [0, 0.05) is 25.2 Å². The van der Waals surface area contributed by atoms with E-state index in [0.29, 0.717) is 0 Å². The number of likely N-dealkylation sites (tertiary alicyclic amines) is 1. The first-order valence-corrected chi connectivity index (χ1v) is 7.63. The van der Waals surface area contributed by atoms with Crippen molar-refractivity contribution in [3.63, 3.8) is 0 Å². The first kappa shape index (κ1) is 13.4. The maximum atomic E-state index is 3.59. The summed E-state index contributed by atoms with van der Waals surface area (Å²) >= 11 is 0. The molecule has 17 heavy (non-hydrogen) atoms. The molecule has 0 aromatic carbocycles. The Labute approximate surface area is 107 Å². The zero-order chi connectivity index (χ0) is 12.3. The van der Waals surface area contributed by atoms with Crippen LogP contribution in [0.25, 0.3) is 0 Å². The molecule has 100 valence electrons. The van der Waals surface area contributed by atoms with E-state index in [-0.39, 0.29) is 0 Å². The molecule has 2 aliphatic rings. The second kappa shape index (κ2) is 6.19. The van der Waals surface area contributed by atoms with E-state index in [2.05, 4.69) is 31.1 Å². The van der Waals surface area contributed by atoms with Gasteiger partial charge in [-0.3, -0.25) is 4.90 Å². The van der Waals surface area contributed by atoms with Crippen molar-refractivity contribution in [1.82, 2.24) is 10.2 Å². The first-order valence-electron chi connectivity index (χ1n) is 7.63. The van der Waals surface area contributed by atoms with Crippen LogP contribution >= 0.6 is 0 Å². The zero-order valence-corrected chi connectivity index (χ0v) is 11.9. The molecular formula is C15H30N2. The van der Waals surface area contributed by atoms with Gasteiger partial charge in [-0.05, 0) is 31.7 Å². The topological polar surface area (TPSA) is 15.3 Å². The van der Waals surface area contributed by atoms with E-state index in [4.69, 9.17) is 0 Å². The molecule has 1 aliphatic carbocycles. The van der Waals surface area contributed by atoms with Crippen LogP contribution in [0.5, 0.6) is 0 Å². The van der Waals surface area contributed by atoms with Crippen LogP contribution in [0.15, 0.2) is 0 Å². The van der Waals surface area contributed by atoms with Gasteiger partial charge in [0.05, 0.1) is 0 Å². The lowest BCUT2D eigenvalue weighted by molar-refractivity contribution is 0.160. The van der Waals surface area contributed by atoms with Crippen LogP contribution in [0, 0.1) is 11.8 Å². The summed E-state index contributed by atoms with van der Waals surface area (Å²) in [6.45, 7) is 7.48. The molecule has 0 bridgehead atoms. The molecule has 1 N–H and O–H groups in total. The van der Waals surface area contributed by atoms with Gasteiger partial charge in [-0.1, -0.05) is 39.5 Å². The van der Waals surface area contributed by atoms with Crippen molar-refractivity contribution in [3.05, 3.63) is 0 Å². The maximum Gasteiger partial charge on any atom is 0.0249 e. The normalized spacial score (nSPS) is 41.1. The summed E-state index contributed by atoms with van der Waals surface area (Å²) < 4.78 is 0. The first-order chi connectivity index (χ1) is 8.22. The Morgan fingerprint density at radius 3 is 2.06 bits per heavy atom. The van der Waals surface area contributed by atoms with Gasteiger partial charge < -0.3 is 5.32 Å². The number of likely N-dealkylation sites (N-methyl/N-ethyl adjacent to an activating group) is 1. The Bertz CT molecular complexity index is 219. The molecule has 2 heteroatoms. The summed E-state index contributed by atoms with van der Waals surface area (Å²) in [5.41, 5.74) is 0. The minimum atomic E-state index is 0.729. The molecule has 0 spiro atoms. The summed E-state index contributed by atoms with van der Waals surface area (Å²) in [5.74, 6) is 1.77. The standard InChI is InChI=1S/C15H30N2/c1-12-10-17(11-13(12)2)15-9-7-5-4-6-8-14(15)16-3/h12-16H,4-11H2,1-3H3. The lowest BCUT2D eigenvalue weighted by atomic mass is 9.91. The third-order valence-corrected chi connectivity index (χ3v) is 5.09. The highest BCUT2D eigenvalue weighted by molar-refractivity contribution is 4.90. The lowest BCUT2D eigenvalue weighted by Gasteiger charge is -2.36. The van der Waals surface area contributed by atoms with Crippen molar-refractivity contribution < 1.29 is 0 Å². The van der Waals surface area contributed by atoms with E-state index < -0.39 is 0 Å². The summed E-state index contributed by atoms with van der Waals surface area (Å²) in [5, 5.41) is 3.59. The smallest absolute Gasteiger partial charge is 0.0249 e. The van der Waals surface area contributed by atoms with Crippen LogP contribution in [-0.4, -0.2) is 37.1 Å². The second-order valence-corrected chi connectivity index (χ2v) is 6.36. The van der Waals surface area contributed by atoms with E-state index in [0.717, 1.165) is 23.9 Å². The minimum absolute atomic E-state index is 0.729. The summed E-state index contributed by atoms with van der Waals surface area (Å²) in [7, 11) is 2.15. The van der Waals surface area contributed by atoms with Crippen molar-refractivity contribution in [2.75, 3.05) is 20.1 Å². The van der Waals surface area contributed by atoms with Gasteiger partial charge in [-0.15, -0.1) is 0 Å². The van der Waals surface area contributed by atoms with Crippen molar-refractivity contribution >= 4 is 0 Å². The van der Waals surface area contributed by atoms with E-state index in [1.807, 2.05) is 0 Å². The van der Waals surface area contributed by atoms with Crippen molar-refractivity contribution in [2.24, 2.45) is 11.8 Å². The highest BCUT2D eigenvalue weighted by atomic mass is 15.2. The molecule has 2 rings (SSSR count). The van der Waals surface area contributed by atoms with Gasteiger partial charge in [0.15, 0.2) is 0 Å². The fourth-order valence-electron chi connectivity index (χ4n) is 3.68. The predicted octanol–water partition coefficient (Wildman–Crippen LogP) is 2.89. The van der Waals surface area contributed by atoms with Gasteiger partial charge in [0.1, 0.15) is 0 Å². The summed E-state index contributed by atoms with van der Waals surface area (Å²) in [4.78, 5) is 2.78. The number of nitrogens with zero attached hydrogens (tertiary/aromatic N) is 1. The molecule has 0 aromatic heterocycles. The Balaban J connectivity index is 1.99. The van der Waals surface area contributed by atoms with Crippen LogP contribution in [0.3, 0.4) is 0 Å². The monoisotopic (exact) mass is 238 g/mol. The molecular weight excluding hydrogens is 208 g/mol. The van der Waals surface area contributed by atoms with E-state index >= 15 is 0 Å². The largest absolute Gasteiger partial charge is 0.315 e. The highest BCUT2D eigenvalue weighted by Gasteiger charge is 2.34. The highest BCUT2D eigenvalue weighted by Crippen LogP contribution is 2.29. The van der Waals surface area contributed by atoms with Crippen molar-refractivity contribution in [2.45, 2.75) is 64.5 Å².